The van der Waals surface area contributed by atoms with Crippen molar-refractivity contribution < 1.29 is 14.3 Å². The van der Waals surface area contributed by atoms with Crippen LogP contribution in [0.5, 0.6) is 5.75 Å². The molecule has 5 heteroatoms. The Morgan fingerprint density at radius 3 is 2.71 bits per heavy atom. The Bertz CT molecular complexity index is 801. The number of nitrogens with one attached hydrogen (secondary N) is 1. The Balaban J connectivity index is 1.72. The van der Waals surface area contributed by atoms with Gasteiger partial charge in [-0.1, -0.05) is 29.8 Å². The minimum atomic E-state index is -0.810. The molecule has 1 heterocycles. The van der Waals surface area contributed by atoms with E-state index in [1.807, 2.05) is 50.2 Å². The quantitative estimate of drug-likeness (QED) is 0.944. The Labute approximate surface area is 141 Å². The van der Waals surface area contributed by atoms with Crippen LogP contribution in [0.2, 0.25) is 0 Å². The highest BCUT2D eigenvalue weighted by molar-refractivity contribution is 6.03. The lowest BCUT2D eigenvalue weighted by molar-refractivity contribution is -0.130. The van der Waals surface area contributed by atoms with Crippen LogP contribution >= 0.6 is 0 Å². The first-order chi connectivity index (χ1) is 11.5. The number of likely N-dealkylation sites (N-methyl/N-ethyl adjacent to an activating group) is 1. The first-order valence-electron chi connectivity index (χ1n) is 7.86. The van der Waals surface area contributed by atoms with E-state index < -0.39 is 6.10 Å². The maximum Gasteiger partial charge on any atom is 0.268 e. The monoisotopic (exact) mass is 324 g/mol. The number of hydrogen-bond donors (Lipinski definition) is 1. The van der Waals surface area contributed by atoms with Crippen LogP contribution in [0.25, 0.3) is 0 Å². The van der Waals surface area contributed by atoms with E-state index in [0.717, 1.165) is 16.8 Å². The molecule has 0 saturated heterocycles. The highest BCUT2D eigenvalue weighted by Gasteiger charge is 2.33. The van der Waals surface area contributed by atoms with Crippen molar-refractivity contribution in [1.82, 2.24) is 0 Å². The molecule has 0 bridgehead atoms. The Kier molecular flexibility index (Phi) is 4.25. The third-order valence-electron chi connectivity index (χ3n) is 4.13. The molecule has 1 N–H and O–H groups in total. The molecule has 0 radical (unpaired) electrons. The van der Waals surface area contributed by atoms with E-state index in [4.69, 9.17) is 4.74 Å². The number of ether oxygens (including phenoxy) is 1. The van der Waals surface area contributed by atoms with E-state index in [2.05, 4.69) is 5.32 Å². The molecule has 24 heavy (non-hydrogen) atoms. The molecule has 2 amide bonds. The first kappa shape index (κ1) is 16.1. The van der Waals surface area contributed by atoms with Crippen LogP contribution in [0.3, 0.4) is 0 Å². The van der Waals surface area contributed by atoms with Crippen molar-refractivity contribution >= 4 is 23.2 Å². The molecule has 1 atom stereocenters. The fourth-order valence-electron chi connectivity index (χ4n) is 2.82. The zero-order valence-corrected chi connectivity index (χ0v) is 14.0. The summed E-state index contributed by atoms with van der Waals surface area (Å²) in [5, 5.41) is 2.85. The second-order valence-corrected chi connectivity index (χ2v) is 6.04. The van der Waals surface area contributed by atoms with Crippen LogP contribution in [-0.4, -0.2) is 25.0 Å². The second-order valence-electron chi connectivity index (χ2n) is 6.04. The lowest BCUT2D eigenvalue weighted by atomic mass is 10.1. The van der Waals surface area contributed by atoms with Crippen molar-refractivity contribution in [1.29, 1.82) is 0 Å². The fraction of sp³-hybridized carbons (Fsp3) is 0.263. The Hall–Kier alpha value is -2.82. The molecule has 0 saturated carbocycles. The highest BCUT2D eigenvalue weighted by Crippen LogP contribution is 2.33. The molecule has 2 aromatic rings. The Morgan fingerprint density at radius 1 is 1.21 bits per heavy atom. The number of anilines is 2. The molecule has 1 aliphatic heterocycles. The summed E-state index contributed by atoms with van der Waals surface area (Å²) in [6, 6.07) is 13.1. The van der Waals surface area contributed by atoms with Gasteiger partial charge in [0.2, 0.25) is 5.91 Å². The summed E-state index contributed by atoms with van der Waals surface area (Å²) in [5.41, 5.74) is 3.59. The van der Waals surface area contributed by atoms with Crippen molar-refractivity contribution in [2.24, 2.45) is 0 Å². The molecule has 1 aliphatic rings. The molecular formula is C19H20N2O3. The van der Waals surface area contributed by atoms with Crippen LogP contribution in [0.1, 0.15) is 17.5 Å². The summed E-state index contributed by atoms with van der Waals surface area (Å²) < 4.78 is 5.72. The van der Waals surface area contributed by atoms with Crippen molar-refractivity contribution in [3.63, 3.8) is 0 Å². The zero-order valence-electron chi connectivity index (χ0n) is 14.0. The number of amides is 2. The van der Waals surface area contributed by atoms with E-state index in [-0.39, 0.29) is 18.2 Å². The van der Waals surface area contributed by atoms with Crippen molar-refractivity contribution in [3.05, 3.63) is 53.6 Å². The summed E-state index contributed by atoms with van der Waals surface area (Å²) in [5.74, 6) is 0.154. The third-order valence-corrected chi connectivity index (χ3v) is 4.13. The van der Waals surface area contributed by atoms with Crippen LogP contribution in [0.15, 0.2) is 42.5 Å². The molecule has 2 aromatic carbocycles. The van der Waals surface area contributed by atoms with Gasteiger partial charge in [-0.2, -0.15) is 0 Å². The third kappa shape index (κ3) is 3.11. The van der Waals surface area contributed by atoms with E-state index in [1.54, 1.807) is 13.1 Å². The predicted octanol–water partition coefficient (Wildman–Crippen LogP) is 3.06. The van der Waals surface area contributed by atoms with E-state index in [0.29, 0.717) is 11.4 Å². The van der Waals surface area contributed by atoms with Crippen molar-refractivity contribution in [2.45, 2.75) is 26.4 Å². The molecule has 0 fully saturated rings. The van der Waals surface area contributed by atoms with Gasteiger partial charge < -0.3 is 15.0 Å². The van der Waals surface area contributed by atoms with Gasteiger partial charge >= 0.3 is 0 Å². The molecule has 124 valence electrons. The van der Waals surface area contributed by atoms with Gasteiger partial charge in [0.05, 0.1) is 12.1 Å². The van der Waals surface area contributed by atoms with Crippen LogP contribution in [0.4, 0.5) is 11.4 Å². The molecular weight excluding hydrogens is 304 g/mol. The largest absolute Gasteiger partial charge is 0.478 e. The number of fused-ring (bicyclic) bond motifs is 1. The molecule has 3 rings (SSSR count). The lowest BCUT2D eigenvalue weighted by Gasteiger charge is -2.31. The summed E-state index contributed by atoms with van der Waals surface area (Å²) in [6.07, 6.45) is -0.833. The SMILES string of the molecule is Cc1ccc(NC(=O)CC2Oc3ccccc3N(C)C2=O)c(C)c1. The van der Waals surface area contributed by atoms with Gasteiger partial charge in [0.15, 0.2) is 6.10 Å². The van der Waals surface area contributed by atoms with Gasteiger partial charge in [0, 0.05) is 12.7 Å². The number of rotatable bonds is 3. The summed E-state index contributed by atoms with van der Waals surface area (Å²) >= 11 is 0. The molecule has 1 unspecified atom stereocenters. The van der Waals surface area contributed by atoms with Gasteiger partial charge in [0.1, 0.15) is 5.75 Å². The lowest BCUT2D eigenvalue weighted by Crippen LogP contribution is -2.45. The summed E-state index contributed by atoms with van der Waals surface area (Å²) in [4.78, 5) is 26.3. The fourth-order valence-corrected chi connectivity index (χ4v) is 2.82. The van der Waals surface area contributed by atoms with Crippen molar-refractivity contribution in [2.75, 3.05) is 17.3 Å². The van der Waals surface area contributed by atoms with Gasteiger partial charge in [-0.05, 0) is 37.6 Å². The van der Waals surface area contributed by atoms with E-state index in [1.165, 1.54) is 4.90 Å². The summed E-state index contributed by atoms with van der Waals surface area (Å²) in [6.45, 7) is 3.94. The number of carbonyl (C=O) groups is 2. The minimum Gasteiger partial charge on any atom is -0.478 e. The van der Waals surface area contributed by atoms with E-state index >= 15 is 0 Å². The average molecular weight is 324 g/mol. The van der Waals surface area contributed by atoms with E-state index in [9.17, 15) is 9.59 Å². The average Bonchev–Trinajstić information content (AvgIpc) is 2.55. The molecule has 0 spiro atoms. The number of benzene rings is 2. The van der Waals surface area contributed by atoms with Crippen LogP contribution in [0, 0.1) is 13.8 Å². The normalized spacial score (nSPS) is 16.4. The molecule has 0 aromatic heterocycles. The number of nitrogens with zero attached hydrogens (tertiary/aromatic N) is 1. The van der Waals surface area contributed by atoms with Crippen LogP contribution < -0.4 is 15.0 Å². The van der Waals surface area contributed by atoms with Crippen LogP contribution in [-0.2, 0) is 9.59 Å². The first-order valence-corrected chi connectivity index (χ1v) is 7.86. The number of hydrogen-bond acceptors (Lipinski definition) is 3. The Morgan fingerprint density at radius 2 is 1.96 bits per heavy atom. The molecule has 0 aliphatic carbocycles. The maximum absolute atomic E-state index is 12.4. The number of carbonyl (C=O) groups excluding carboxylic acids is 2. The number of para-hydroxylation sites is 2. The van der Waals surface area contributed by atoms with Gasteiger partial charge in [-0.25, -0.2) is 0 Å². The molecule has 5 nitrogen and oxygen atoms in total. The predicted molar refractivity (Wildman–Crippen MR) is 93.4 cm³/mol. The topological polar surface area (TPSA) is 58.6 Å². The smallest absolute Gasteiger partial charge is 0.268 e. The minimum absolute atomic E-state index is 0.0230. The maximum atomic E-state index is 12.4. The second kappa shape index (κ2) is 6.35. The standard InChI is InChI=1S/C19H20N2O3/c1-12-8-9-14(13(2)10-12)20-18(22)11-17-19(23)21(3)15-6-4-5-7-16(15)24-17/h4-10,17H,11H2,1-3H3,(H,20,22). The van der Waals surface area contributed by atoms with Gasteiger partial charge in [-0.3, -0.25) is 9.59 Å². The highest BCUT2D eigenvalue weighted by atomic mass is 16.5. The number of aryl methyl sites for hydroxylation is 2. The zero-order chi connectivity index (χ0) is 17.3. The van der Waals surface area contributed by atoms with Crippen molar-refractivity contribution in [3.8, 4) is 5.75 Å². The van der Waals surface area contributed by atoms with Gasteiger partial charge in [0.25, 0.3) is 5.91 Å². The van der Waals surface area contributed by atoms with Gasteiger partial charge in [-0.15, -0.1) is 0 Å². The summed E-state index contributed by atoms with van der Waals surface area (Å²) in [7, 11) is 1.69.